The highest BCUT2D eigenvalue weighted by atomic mass is 32.1. The maximum Gasteiger partial charge on any atom is 0.417 e. The number of halogens is 6. The number of aromatic hydroxyl groups is 1. The van der Waals surface area contributed by atoms with E-state index in [9.17, 15) is 31.4 Å². The second kappa shape index (κ2) is 5.84. The summed E-state index contributed by atoms with van der Waals surface area (Å²) >= 11 is 4.65. The van der Waals surface area contributed by atoms with Crippen LogP contribution in [-0.4, -0.2) is 10.5 Å². The van der Waals surface area contributed by atoms with E-state index in [1.807, 2.05) is 0 Å². The topological polar surface area (TPSA) is 20.2 Å². The molecule has 23 heavy (non-hydrogen) atoms. The first kappa shape index (κ1) is 17.3. The molecule has 0 aromatic heterocycles. The molecule has 0 unspecified atom stereocenters. The summed E-state index contributed by atoms with van der Waals surface area (Å²) in [5, 5.41) is 10.9. The Morgan fingerprint density at radius 1 is 0.870 bits per heavy atom. The highest BCUT2D eigenvalue weighted by Gasteiger charge is 2.45. The van der Waals surface area contributed by atoms with Gasteiger partial charge in [-0.15, -0.1) is 0 Å². The fourth-order valence-corrected chi connectivity index (χ4v) is 2.31. The van der Waals surface area contributed by atoms with Crippen molar-refractivity contribution in [2.24, 2.45) is 0 Å². The van der Waals surface area contributed by atoms with Crippen LogP contribution in [0.4, 0.5) is 26.3 Å². The van der Waals surface area contributed by atoms with Gasteiger partial charge in [0.25, 0.3) is 0 Å². The van der Waals surface area contributed by atoms with E-state index >= 15 is 0 Å². The summed E-state index contributed by atoms with van der Waals surface area (Å²) in [5.74, 6) is -0.574. The second-order valence-electron chi connectivity index (χ2n) is 4.62. The number of rotatable bonds is 2. The normalized spacial score (nSPS) is 12.3. The molecule has 0 aliphatic carbocycles. The lowest BCUT2D eigenvalue weighted by molar-refractivity contribution is -0.161. The van der Waals surface area contributed by atoms with Crippen LogP contribution in [0.25, 0.3) is 11.1 Å². The van der Waals surface area contributed by atoms with Crippen molar-refractivity contribution in [1.82, 2.24) is 0 Å². The molecule has 2 rings (SSSR count). The summed E-state index contributed by atoms with van der Waals surface area (Å²) in [6.07, 6.45) is -10.4. The molecule has 2 aromatic rings. The minimum Gasteiger partial charge on any atom is -0.507 e. The van der Waals surface area contributed by atoms with Crippen LogP contribution in [0.3, 0.4) is 0 Å². The fraction of sp³-hybridized carbons (Fsp3) is 0.133. The summed E-state index contributed by atoms with van der Waals surface area (Å²) in [6.45, 7) is 0. The molecule has 0 saturated heterocycles. The lowest BCUT2D eigenvalue weighted by Crippen LogP contribution is -2.17. The largest absolute Gasteiger partial charge is 0.507 e. The van der Waals surface area contributed by atoms with Crippen LogP contribution in [0.15, 0.2) is 36.4 Å². The Morgan fingerprint density at radius 3 is 2.04 bits per heavy atom. The van der Waals surface area contributed by atoms with Gasteiger partial charge < -0.3 is 5.11 Å². The van der Waals surface area contributed by atoms with Gasteiger partial charge in [-0.05, 0) is 29.3 Å². The summed E-state index contributed by atoms with van der Waals surface area (Å²) in [7, 11) is 0. The number of hydrogen-bond acceptors (Lipinski definition) is 2. The molecule has 0 atom stereocenters. The average Bonchev–Trinajstić information content (AvgIpc) is 2.45. The van der Waals surface area contributed by atoms with Gasteiger partial charge >= 0.3 is 12.4 Å². The van der Waals surface area contributed by atoms with Gasteiger partial charge in [0.2, 0.25) is 0 Å². The fourth-order valence-electron chi connectivity index (χ4n) is 2.16. The van der Waals surface area contributed by atoms with Gasteiger partial charge in [-0.1, -0.05) is 30.4 Å². The standard InChI is InChI=1S/C15H8F6OS/c16-14(17,18)11-3-1-2-9(13(11)15(19,20)21)10-6-8(7-23)4-5-12(10)22/h1-7,22H. The van der Waals surface area contributed by atoms with Crippen molar-refractivity contribution in [1.29, 1.82) is 0 Å². The molecule has 0 radical (unpaired) electrons. The molecular weight excluding hydrogens is 342 g/mol. The van der Waals surface area contributed by atoms with Crippen LogP contribution >= 0.6 is 12.2 Å². The molecule has 122 valence electrons. The molecule has 0 aliphatic heterocycles. The zero-order chi connectivity index (χ0) is 17.4. The molecule has 0 amide bonds. The number of benzene rings is 2. The molecule has 0 saturated carbocycles. The van der Waals surface area contributed by atoms with E-state index in [1.165, 1.54) is 6.07 Å². The number of alkyl halides is 6. The minimum absolute atomic E-state index is 0.290. The van der Waals surface area contributed by atoms with Gasteiger partial charge in [-0.2, -0.15) is 26.3 Å². The van der Waals surface area contributed by atoms with Gasteiger partial charge in [-0.3, -0.25) is 0 Å². The van der Waals surface area contributed by atoms with Crippen molar-refractivity contribution in [3.05, 3.63) is 53.1 Å². The first-order chi connectivity index (χ1) is 10.6. The Hall–Kier alpha value is -2.09. The number of phenolic OH excluding ortho intramolecular Hbond substituents is 1. The van der Waals surface area contributed by atoms with Crippen LogP contribution in [-0.2, 0) is 12.4 Å². The molecule has 2 aromatic carbocycles. The van der Waals surface area contributed by atoms with E-state index in [-0.39, 0.29) is 5.56 Å². The summed E-state index contributed by atoms with van der Waals surface area (Å²) < 4.78 is 78.5. The van der Waals surface area contributed by atoms with E-state index in [4.69, 9.17) is 0 Å². The minimum atomic E-state index is -5.25. The molecule has 0 spiro atoms. The maximum atomic E-state index is 13.2. The Kier molecular flexibility index (Phi) is 4.39. The molecule has 0 fully saturated rings. The van der Waals surface area contributed by atoms with E-state index in [0.29, 0.717) is 11.6 Å². The zero-order valence-electron chi connectivity index (χ0n) is 11.2. The van der Waals surface area contributed by atoms with E-state index in [1.54, 1.807) is 0 Å². The van der Waals surface area contributed by atoms with Gasteiger partial charge in [-0.25, -0.2) is 0 Å². The van der Waals surface area contributed by atoms with Crippen molar-refractivity contribution in [3.63, 3.8) is 0 Å². The monoisotopic (exact) mass is 350 g/mol. The number of phenols is 1. The summed E-state index contributed by atoms with van der Waals surface area (Å²) in [4.78, 5) is 0. The summed E-state index contributed by atoms with van der Waals surface area (Å²) in [6, 6.07) is 5.61. The van der Waals surface area contributed by atoms with Crippen molar-refractivity contribution in [2.75, 3.05) is 0 Å². The van der Waals surface area contributed by atoms with Crippen LogP contribution < -0.4 is 0 Å². The lowest BCUT2D eigenvalue weighted by Gasteiger charge is -2.20. The van der Waals surface area contributed by atoms with Gasteiger partial charge in [0, 0.05) is 10.9 Å². The predicted molar refractivity (Wildman–Crippen MR) is 76.3 cm³/mol. The Bertz CT molecular complexity index is 749. The third-order valence-electron chi connectivity index (χ3n) is 3.10. The van der Waals surface area contributed by atoms with Crippen LogP contribution in [0.2, 0.25) is 0 Å². The van der Waals surface area contributed by atoms with E-state index in [2.05, 4.69) is 12.2 Å². The van der Waals surface area contributed by atoms with Crippen molar-refractivity contribution < 1.29 is 31.4 Å². The SMILES string of the molecule is Oc1ccc(C=S)cc1-c1cccc(C(F)(F)F)c1C(F)(F)F. The smallest absolute Gasteiger partial charge is 0.417 e. The van der Waals surface area contributed by atoms with Crippen LogP contribution in [0.5, 0.6) is 5.75 Å². The highest BCUT2D eigenvalue weighted by molar-refractivity contribution is 7.79. The quantitative estimate of drug-likeness (QED) is 0.574. The highest BCUT2D eigenvalue weighted by Crippen LogP contribution is 2.46. The molecule has 1 nitrogen and oxygen atoms in total. The third-order valence-corrected chi connectivity index (χ3v) is 3.37. The maximum absolute atomic E-state index is 13.2. The molecule has 0 bridgehead atoms. The molecule has 8 heteroatoms. The number of hydrogen-bond donors (Lipinski definition) is 1. The Balaban J connectivity index is 2.86. The van der Waals surface area contributed by atoms with E-state index < -0.39 is 34.8 Å². The zero-order valence-corrected chi connectivity index (χ0v) is 12.0. The molecule has 0 aliphatic rings. The van der Waals surface area contributed by atoms with Gasteiger partial charge in [0.1, 0.15) is 5.75 Å². The second-order valence-corrected chi connectivity index (χ2v) is 4.85. The van der Waals surface area contributed by atoms with E-state index in [0.717, 1.165) is 29.6 Å². The predicted octanol–water partition coefficient (Wildman–Crippen LogP) is 5.44. The van der Waals surface area contributed by atoms with Crippen molar-refractivity contribution in [2.45, 2.75) is 12.4 Å². The first-order valence-electron chi connectivity index (χ1n) is 6.11. The van der Waals surface area contributed by atoms with Crippen LogP contribution in [0.1, 0.15) is 16.7 Å². The molecular formula is C15H8F6OS. The first-order valence-corrected chi connectivity index (χ1v) is 6.59. The van der Waals surface area contributed by atoms with Gasteiger partial charge in [0.15, 0.2) is 0 Å². The number of thiocarbonyl (C=S) groups is 1. The molecule has 0 heterocycles. The van der Waals surface area contributed by atoms with Gasteiger partial charge in [0.05, 0.1) is 11.1 Å². The Labute approximate surface area is 132 Å². The Morgan fingerprint density at radius 2 is 1.52 bits per heavy atom. The van der Waals surface area contributed by atoms with Crippen molar-refractivity contribution >= 4 is 17.6 Å². The summed E-state index contributed by atoms with van der Waals surface area (Å²) in [5.41, 5.74) is -4.50. The lowest BCUT2D eigenvalue weighted by atomic mass is 9.93. The van der Waals surface area contributed by atoms with Crippen LogP contribution in [0, 0.1) is 0 Å². The molecule has 1 N–H and O–H groups in total. The van der Waals surface area contributed by atoms with Crippen molar-refractivity contribution in [3.8, 4) is 16.9 Å². The average molecular weight is 350 g/mol. The third kappa shape index (κ3) is 3.47.